The van der Waals surface area contributed by atoms with Crippen molar-refractivity contribution < 1.29 is 14.3 Å². The van der Waals surface area contributed by atoms with Crippen molar-refractivity contribution in [3.05, 3.63) is 29.8 Å². The molecule has 186 valence electrons. The zero-order valence-electron chi connectivity index (χ0n) is 21.1. The summed E-state index contributed by atoms with van der Waals surface area (Å²) in [5.41, 5.74) is 2.31. The molecule has 1 aromatic rings. The third kappa shape index (κ3) is 4.23. The second-order valence-corrected chi connectivity index (χ2v) is 11.5. The molecule has 3 fully saturated rings. The lowest BCUT2D eigenvalue weighted by molar-refractivity contribution is -0.120. The number of para-hydroxylation sites is 1. The average Bonchev–Trinajstić information content (AvgIpc) is 3.07. The molecular weight excluding hydrogens is 426 g/mol. The molecule has 6 heteroatoms. The molecule has 2 heterocycles. The normalized spacial score (nSPS) is 31.3. The van der Waals surface area contributed by atoms with Crippen LogP contribution in [0.25, 0.3) is 0 Å². The van der Waals surface area contributed by atoms with E-state index in [4.69, 9.17) is 4.74 Å². The van der Waals surface area contributed by atoms with Gasteiger partial charge in [-0.2, -0.15) is 0 Å². The second-order valence-electron chi connectivity index (χ2n) is 11.5. The first-order valence-electron chi connectivity index (χ1n) is 13.5. The molecule has 4 aliphatic rings. The van der Waals surface area contributed by atoms with Gasteiger partial charge in [0.05, 0.1) is 6.61 Å². The molecule has 2 bridgehead atoms. The SMILES string of the molecule is CCOC(=O)NC1C(=O)N(C2CCN(CC3CCC4CCCC3C4(C)C)CC2)c2ccccc21. The molecule has 1 N–H and O–H groups in total. The Morgan fingerprint density at radius 2 is 1.85 bits per heavy atom. The molecule has 2 aliphatic heterocycles. The Hall–Kier alpha value is -2.08. The maximum atomic E-state index is 13.4. The Bertz CT molecular complexity index is 908. The van der Waals surface area contributed by atoms with E-state index in [9.17, 15) is 9.59 Å². The van der Waals surface area contributed by atoms with Crippen molar-refractivity contribution in [2.24, 2.45) is 23.2 Å². The van der Waals surface area contributed by atoms with E-state index in [1.54, 1.807) is 6.92 Å². The number of hydrogen-bond acceptors (Lipinski definition) is 4. The van der Waals surface area contributed by atoms with Gasteiger partial charge in [-0.25, -0.2) is 4.79 Å². The Balaban J connectivity index is 1.22. The smallest absolute Gasteiger partial charge is 0.408 e. The second kappa shape index (κ2) is 9.52. The lowest BCUT2D eigenvalue weighted by Crippen LogP contribution is -2.51. The number of nitrogens with zero attached hydrogens (tertiary/aromatic N) is 2. The Morgan fingerprint density at radius 3 is 2.62 bits per heavy atom. The Morgan fingerprint density at radius 1 is 1.09 bits per heavy atom. The molecule has 34 heavy (non-hydrogen) atoms. The van der Waals surface area contributed by atoms with Gasteiger partial charge in [-0.1, -0.05) is 38.5 Å². The number of anilines is 1. The summed E-state index contributed by atoms with van der Waals surface area (Å²) >= 11 is 0. The molecule has 2 amide bonds. The van der Waals surface area contributed by atoms with Crippen LogP contribution in [-0.4, -0.2) is 49.2 Å². The number of benzene rings is 1. The first-order valence-corrected chi connectivity index (χ1v) is 13.5. The molecule has 0 aromatic heterocycles. The number of alkyl carbamates (subject to hydrolysis) is 1. The van der Waals surface area contributed by atoms with Crippen molar-refractivity contribution in [3.63, 3.8) is 0 Å². The van der Waals surface area contributed by atoms with Crippen LogP contribution in [-0.2, 0) is 9.53 Å². The van der Waals surface area contributed by atoms with E-state index in [-0.39, 0.29) is 18.6 Å². The van der Waals surface area contributed by atoms with E-state index in [0.29, 0.717) is 5.41 Å². The quantitative estimate of drug-likeness (QED) is 0.652. The van der Waals surface area contributed by atoms with Crippen molar-refractivity contribution in [1.82, 2.24) is 10.2 Å². The molecule has 0 spiro atoms. The summed E-state index contributed by atoms with van der Waals surface area (Å²) in [7, 11) is 0. The first-order chi connectivity index (χ1) is 16.4. The molecule has 2 aliphatic carbocycles. The van der Waals surface area contributed by atoms with Crippen LogP contribution in [0.4, 0.5) is 10.5 Å². The Labute approximate surface area is 204 Å². The molecule has 0 radical (unpaired) electrons. The van der Waals surface area contributed by atoms with Crippen molar-refractivity contribution >= 4 is 17.7 Å². The summed E-state index contributed by atoms with van der Waals surface area (Å²) in [4.78, 5) is 30.1. The minimum Gasteiger partial charge on any atom is -0.450 e. The fourth-order valence-corrected chi connectivity index (χ4v) is 7.67. The van der Waals surface area contributed by atoms with Crippen LogP contribution >= 0.6 is 0 Å². The topological polar surface area (TPSA) is 61.9 Å². The van der Waals surface area contributed by atoms with Gasteiger partial charge in [0.25, 0.3) is 5.91 Å². The number of fused-ring (bicyclic) bond motifs is 3. The van der Waals surface area contributed by atoms with Crippen molar-refractivity contribution in [2.75, 3.05) is 31.1 Å². The highest BCUT2D eigenvalue weighted by Gasteiger charge is 2.48. The minimum absolute atomic E-state index is 0.0324. The number of piperidine rings is 1. The van der Waals surface area contributed by atoms with E-state index >= 15 is 0 Å². The third-order valence-electron chi connectivity index (χ3n) is 9.47. The first kappa shape index (κ1) is 23.7. The number of carbonyl (C=O) groups is 2. The van der Waals surface area contributed by atoms with Crippen LogP contribution in [0.1, 0.15) is 77.3 Å². The van der Waals surface area contributed by atoms with Crippen LogP contribution in [0.15, 0.2) is 24.3 Å². The number of ether oxygens (including phenoxy) is 1. The average molecular weight is 468 g/mol. The molecule has 4 atom stereocenters. The van der Waals surface area contributed by atoms with Crippen LogP contribution in [0.3, 0.4) is 0 Å². The number of amides is 2. The Kier molecular flexibility index (Phi) is 6.62. The molecular formula is C28H41N3O3. The van der Waals surface area contributed by atoms with E-state index in [0.717, 1.165) is 54.9 Å². The summed E-state index contributed by atoms with van der Waals surface area (Å²) in [6.07, 6.45) is 8.46. The number of carbonyl (C=O) groups excluding carboxylic acids is 2. The number of likely N-dealkylation sites (tertiary alicyclic amines) is 1. The van der Waals surface area contributed by atoms with Gasteiger partial charge in [-0.15, -0.1) is 0 Å². The van der Waals surface area contributed by atoms with Gasteiger partial charge < -0.3 is 19.9 Å². The van der Waals surface area contributed by atoms with Gasteiger partial charge >= 0.3 is 6.09 Å². The van der Waals surface area contributed by atoms with Gasteiger partial charge in [-0.05, 0) is 74.7 Å². The summed E-state index contributed by atoms with van der Waals surface area (Å²) in [6, 6.07) is 7.39. The predicted molar refractivity (Wildman–Crippen MR) is 134 cm³/mol. The largest absolute Gasteiger partial charge is 0.450 e. The van der Waals surface area contributed by atoms with Gasteiger partial charge in [0.15, 0.2) is 0 Å². The standard InChI is InChI=1S/C28H41N3O3/c1-4-34-27(33)29-25-22-9-5-6-11-24(22)31(26(25)32)21-14-16-30(17-15-21)18-19-12-13-20-8-7-10-23(19)28(20,2)3/h5-6,9,11,19-21,23,25H,4,7-8,10,12-18H2,1-3H3,(H,29,33). The minimum atomic E-state index is -0.656. The summed E-state index contributed by atoms with van der Waals surface area (Å²) in [5.74, 6) is 2.57. The highest BCUT2D eigenvalue weighted by molar-refractivity contribution is 6.06. The van der Waals surface area contributed by atoms with Gasteiger partial charge in [0.2, 0.25) is 0 Å². The highest BCUT2D eigenvalue weighted by atomic mass is 16.5. The zero-order valence-corrected chi connectivity index (χ0v) is 21.1. The summed E-state index contributed by atoms with van der Waals surface area (Å²) in [6.45, 7) is 10.4. The highest BCUT2D eigenvalue weighted by Crippen LogP contribution is 2.55. The van der Waals surface area contributed by atoms with Crippen molar-refractivity contribution in [3.8, 4) is 0 Å². The summed E-state index contributed by atoms with van der Waals surface area (Å²) in [5, 5.41) is 2.78. The number of hydrogen-bond donors (Lipinski definition) is 1. The number of nitrogens with one attached hydrogen (secondary N) is 1. The lowest BCUT2D eigenvalue weighted by atomic mass is 9.53. The van der Waals surface area contributed by atoms with Crippen LogP contribution in [0, 0.1) is 23.2 Å². The van der Waals surface area contributed by atoms with Gasteiger partial charge in [-0.3, -0.25) is 4.79 Å². The van der Waals surface area contributed by atoms with Gasteiger partial charge in [0.1, 0.15) is 6.04 Å². The predicted octanol–water partition coefficient (Wildman–Crippen LogP) is 5.14. The molecule has 4 unspecified atom stereocenters. The maximum Gasteiger partial charge on any atom is 0.408 e. The van der Waals surface area contributed by atoms with Crippen LogP contribution < -0.4 is 10.2 Å². The van der Waals surface area contributed by atoms with E-state index in [2.05, 4.69) is 24.1 Å². The third-order valence-corrected chi connectivity index (χ3v) is 9.47. The maximum absolute atomic E-state index is 13.4. The number of rotatable bonds is 5. The molecule has 5 rings (SSSR count). The zero-order chi connectivity index (χ0) is 23.9. The molecule has 6 nitrogen and oxygen atoms in total. The van der Waals surface area contributed by atoms with Crippen molar-refractivity contribution in [1.29, 1.82) is 0 Å². The fourth-order valence-electron chi connectivity index (χ4n) is 7.67. The lowest BCUT2D eigenvalue weighted by Gasteiger charge is -2.54. The fraction of sp³-hybridized carbons (Fsp3) is 0.714. The molecule has 1 saturated heterocycles. The summed E-state index contributed by atoms with van der Waals surface area (Å²) < 4.78 is 5.05. The van der Waals surface area contributed by atoms with Crippen LogP contribution in [0.2, 0.25) is 0 Å². The van der Waals surface area contributed by atoms with Gasteiger partial charge in [0, 0.05) is 36.9 Å². The van der Waals surface area contributed by atoms with Crippen molar-refractivity contribution in [2.45, 2.75) is 77.8 Å². The molecule has 1 aromatic carbocycles. The van der Waals surface area contributed by atoms with E-state index in [1.165, 1.54) is 38.6 Å². The van der Waals surface area contributed by atoms with Crippen LogP contribution in [0.5, 0.6) is 0 Å². The van der Waals surface area contributed by atoms with E-state index < -0.39 is 12.1 Å². The molecule has 2 saturated carbocycles. The monoisotopic (exact) mass is 467 g/mol. The van der Waals surface area contributed by atoms with E-state index in [1.807, 2.05) is 29.2 Å².